The predicted molar refractivity (Wildman–Crippen MR) is 95.4 cm³/mol. The lowest BCUT2D eigenvalue weighted by Gasteiger charge is -2.09. The predicted octanol–water partition coefficient (Wildman–Crippen LogP) is 4.31. The summed E-state index contributed by atoms with van der Waals surface area (Å²) in [6, 6.07) is 12.0. The molecule has 0 fully saturated rings. The summed E-state index contributed by atoms with van der Waals surface area (Å²) in [5.74, 6) is -1.63. The second-order valence-electron chi connectivity index (χ2n) is 5.54. The van der Waals surface area contributed by atoms with Crippen molar-refractivity contribution in [1.29, 1.82) is 0 Å². The van der Waals surface area contributed by atoms with E-state index in [1.807, 2.05) is 31.2 Å². The number of hydrogen-bond acceptors (Lipinski definition) is 4. The highest BCUT2D eigenvalue weighted by Crippen LogP contribution is 2.20. The molecule has 26 heavy (non-hydrogen) atoms. The first kappa shape index (κ1) is 17.5. The number of hydrogen-bond donors (Lipinski definition) is 2. The van der Waals surface area contributed by atoms with Gasteiger partial charge >= 0.3 is 0 Å². The number of halogens is 2. The lowest BCUT2D eigenvalue weighted by molar-refractivity contribution is 0.102. The first-order valence-corrected chi connectivity index (χ1v) is 7.99. The summed E-state index contributed by atoms with van der Waals surface area (Å²) in [6.07, 6.45) is 2.11. The van der Waals surface area contributed by atoms with E-state index in [1.54, 1.807) is 0 Å². The van der Waals surface area contributed by atoms with Crippen molar-refractivity contribution in [3.63, 3.8) is 0 Å². The summed E-state index contributed by atoms with van der Waals surface area (Å²) < 4.78 is 26.7. The molecule has 0 aliphatic carbocycles. The average Bonchev–Trinajstić information content (AvgIpc) is 2.65. The van der Waals surface area contributed by atoms with Crippen molar-refractivity contribution in [1.82, 2.24) is 9.97 Å². The molecule has 0 spiro atoms. The van der Waals surface area contributed by atoms with Gasteiger partial charge in [-0.1, -0.05) is 19.1 Å². The van der Waals surface area contributed by atoms with E-state index in [0.29, 0.717) is 5.69 Å². The molecule has 2 aromatic carbocycles. The van der Waals surface area contributed by atoms with Crippen molar-refractivity contribution >= 4 is 23.1 Å². The number of nitrogens with one attached hydrogen (secondary N) is 2. The van der Waals surface area contributed by atoms with Crippen LogP contribution in [0, 0.1) is 11.6 Å². The Bertz CT molecular complexity index is 929. The fourth-order valence-electron chi connectivity index (χ4n) is 2.30. The van der Waals surface area contributed by atoms with Crippen molar-refractivity contribution in [2.75, 3.05) is 10.6 Å². The zero-order valence-electron chi connectivity index (χ0n) is 14.0. The SMILES string of the molecule is CCc1ccc(NC(=O)c2cc(Nc3ccc(F)cc3F)ncn2)cc1. The Morgan fingerprint density at radius 1 is 1.04 bits per heavy atom. The maximum atomic E-state index is 13.7. The topological polar surface area (TPSA) is 66.9 Å². The van der Waals surface area contributed by atoms with Gasteiger partial charge in [0, 0.05) is 17.8 Å². The Morgan fingerprint density at radius 2 is 1.81 bits per heavy atom. The van der Waals surface area contributed by atoms with Gasteiger partial charge in [0.2, 0.25) is 0 Å². The molecular formula is C19H16F2N4O. The number of amides is 1. The van der Waals surface area contributed by atoms with Crippen LogP contribution in [0.3, 0.4) is 0 Å². The number of anilines is 3. The van der Waals surface area contributed by atoms with Gasteiger partial charge in [-0.15, -0.1) is 0 Å². The molecule has 3 rings (SSSR count). The summed E-state index contributed by atoms with van der Waals surface area (Å²) >= 11 is 0. The van der Waals surface area contributed by atoms with Gasteiger partial charge < -0.3 is 10.6 Å². The third kappa shape index (κ3) is 4.18. The van der Waals surface area contributed by atoms with Crippen LogP contribution in [0.5, 0.6) is 0 Å². The van der Waals surface area contributed by atoms with Crippen molar-refractivity contribution < 1.29 is 13.6 Å². The summed E-state index contributed by atoms with van der Waals surface area (Å²) in [5.41, 5.74) is 1.97. The minimum absolute atomic E-state index is 0.0478. The second-order valence-corrected chi connectivity index (χ2v) is 5.54. The minimum Gasteiger partial charge on any atom is -0.338 e. The van der Waals surface area contributed by atoms with E-state index in [4.69, 9.17) is 0 Å². The first-order chi connectivity index (χ1) is 12.5. The van der Waals surface area contributed by atoms with E-state index in [0.717, 1.165) is 24.1 Å². The second kappa shape index (κ2) is 7.69. The molecule has 5 nitrogen and oxygen atoms in total. The van der Waals surface area contributed by atoms with Gasteiger partial charge in [-0.25, -0.2) is 18.7 Å². The number of benzene rings is 2. The van der Waals surface area contributed by atoms with Gasteiger partial charge in [-0.3, -0.25) is 4.79 Å². The number of carbonyl (C=O) groups excluding carboxylic acids is 1. The fourth-order valence-corrected chi connectivity index (χ4v) is 2.30. The summed E-state index contributed by atoms with van der Waals surface area (Å²) in [7, 11) is 0. The van der Waals surface area contributed by atoms with Gasteiger partial charge in [0.1, 0.15) is 29.5 Å². The van der Waals surface area contributed by atoms with Crippen LogP contribution in [-0.4, -0.2) is 15.9 Å². The molecule has 1 amide bonds. The molecule has 0 aliphatic heterocycles. The van der Waals surface area contributed by atoms with Crippen LogP contribution in [0.2, 0.25) is 0 Å². The van der Waals surface area contributed by atoms with Crippen LogP contribution in [0.15, 0.2) is 54.9 Å². The third-order valence-electron chi connectivity index (χ3n) is 3.71. The van der Waals surface area contributed by atoms with E-state index >= 15 is 0 Å². The maximum absolute atomic E-state index is 13.7. The zero-order valence-corrected chi connectivity index (χ0v) is 14.0. The minimum atomic E-state index is -0.759. The monoisotopic (exact) mass is 354 g/mol. The molecule has 0 unspecified atom stereocenters. The molecule has 0 atom stereocenters. The first-order valence-electron chi connectivity index (χ1n) is 7.99. The van der Waals surface area contributed by atoms with E-state index in [2.05, 4.69) is 20.6 Å². The van der Waals surface area contributed by atoms with Crippen LogP contribution < -0.4 is 10.6 Å². The van der Waals surface area contributed by atoms with Gasteiger partial charge in [0.15, 0.2) is 0 Å². The van der Waals surface area contributed by atoms with Crippen LogP contribution in [0.1, 0.15) is 23.0 Å². The summed E-state index contributed by atoms with van der Waals surface area (Å²) in [5, 5.41) is 5.44. The average molecular weight is 354 g/mol. The summed E-state index contributed by atoms with van der Waals surface area (Å²) in [6.45, 7) is 2.05. The molecule has 0 saturated heterocycles. The molecule has 1 heterocycles. The van der Waals surface area contributed by atoms with E-state index < -0.39 is 17.5 Å². The molecular weight excluding hydrogens is 338 g/mol. The quantitative estimate of drug-likeness (QED) is 0.716. The Balaban J connectivity index is 1.74. The largest absolute Gasteiger partial charge is 0.338 e. The molecule has 0 saturated carbocycles. The van der Waals surface area contributed by atoms with E-state index in [1.165, 1.54) is 18.5 Å². The molecule has 132 valence electrons. The van der Waals surface area contributed by atoms with Gasteiger partial charge in [0.25, 0.3) is 5.91 Å². The molecule has 1 aromatic heterocycles. The third-order valence-corrected chi connectivity index (χ3v) is 3.71. The lowest BCUT2D eigenvalue weighted by Crippen LogP contribution is -2.14. The number of carbonyl (C=O) groups is 1. The van der Waals surface area contributed by atoms with E-state index in [-0.39, 0.29) is 17.2 Å². The highest BCUT2D eigenvalue weighted by molar-refractivity contribution is 6.03. The van der Waals surface area contributed by atoms with Crippen molar-refractivity contribution in [2.24, 2.45) is 0 Å². The van der Waals surface area contributed by atoms with Crippen LogP contribution in [0.25, 0.3) is 0 Å². The standard InChI is InChI=1S/C19H16F2N4O/c1-2-12-3-6-14(7-4-12)24-19(26)17-10-18(23-11-22-17)25-16-8-5-13(20)9-15(16)21/h3-11H,2H2,1H3,(H,24,26)(H,22,23,25). The highest BCUT2D eigenvalue weighted by Gasteiger charge is 2.11. The smallest absolute Gasteiger partial charge is 0.274 e. The molecule has 7 heteroatoms. The molecule has 3 aromatic rings. The zero-order chi connectivity index (χ0) is 18.5. The van der Waals surface area contributed by atoms with Crippen molar-refractivity contribution in [3.05, 3.63) is 77.8 Å². The number of aromatic nitrogens is 2. The Labute approximate surface area is 149 Å². The van der Waals surface area contributed by atoms with Crippen LogP contribution in [-0.2, 0) is 6.42 Å². The Hall–Kier alpha value is -3.35. The molecule has 0 aliphatic rings. The van der Waals surface area contributed by atoms with Crippen LogP contribution in [0.4, 0.5) is 26.0 Å². The number of nitrogens with zero attached hydrogens (tertiary/aromatic N) is 2. The molecule has 2 N–H and O–H groups in total. The van der Waals surface area contributed by atoms with Crippen molar-refractivity contribution in [2.45, 2.75) is 13.3 Å². The van der Waals surface area contributed by atoms with Crippen molar-refractivity contribution in [3.8, 4) is 0 Å². The number of aryl methyl sites for hydroxylation is 1. The van der Waals surface area contributed by atoms with E-state index in [9.17, 15) is 13.6 Å². The maximum Gasteiger partial charge on any atom is 0.274 e. The van der Waals surface area contributed by atoms with Crippen LogP contribution >= 0.6 is 0 Å². The fraction of sp³-hybridized carbons (Fsp3) is 0.105. The molecule has 0 bridgehead atoms. The molecule has 0 radical (unpaired) electrons. The lowest BCUT2D eigenvalue weighted by atomic mass is 10.1. The highest BCUT2D eigenvalue weighted by atomic mass is 19.1. The van der Waals surface area contributed by atoms with Gasteiger partial charge in [0.05, 0.1) is 5.69 Å². The normalized spacial score (nSPS) is 10.4. The summed E-state index contributed by atoms with van der Waals surface area (Å²) in [4.78, 5) is 20.2. The van der Waals surface area contributed by atoms with Gasteiger partial charge in [-0.2, -0.15) is 0 Å². The Kier molecular flexibility index (Phi) is 5.17. The number of rotatable bonds is 5. The van der Waals surface area contributed by atoms with Gasteiger partial charge in [-0.05, 0) is 36.2 Å². The Morgan fingerprint density at radius 3 is 2.50 bits per heavy atom.